The molecule has 1 aliphatic heterocycles. The van der Waals surface area contributed by atoms with Crippen molar-refractivity contribution >= 4 is 16.5 Å². The van der Waals surface area contributed by atoms with Crippen LogP contribution in [0.1, 0.15) is 39.8 Å². The maximum absolute atomic E-state index is 4.82. The van der Waals surface area contributed by atoms with Gasteiger partial charge in [-0.1, -0.05) is 0 Å². The van der Waals surface area contributed by atoms with Crippen molar-refractivity contribution in [3.8, 4) is 0 Å². The van der Waals surface area contributed by atoms with Gasteiger partial charge in [0.2, 0.25) is 0 Å². The summed E-state index contributed by atoms with van der Waals surface area (Å²) in [5.41, 5.74) is 1.30. The molecule has 1 aromatic rings. The van der Waals surface area contributed by atoms with E-state index in [1.807, 2.05) is 0 Å². The minimum Gasteiger partial charge on any atom is -0.344 e. The third-order valence-corrected chi connectivity index (χ3v) is 4.56. The van der Waals surface area contributed by atoms with Gasteiger partial charge in [-0.05, 0) is 47.7 Å². The molecule has 0 aromatic carbocycles. The second-order valence-corrected chi connectivity index (χ2v) is 7.72. The Morgan fingerprint density at radius 2 is 2.15 bits per heavy atom. The number of hydrogen-bond acceptors (Lipinski definition) is 5. The molecule has 0 bridgehead atoms. The lowest BCUT2D eigenvalue weighted by atomic mass is 10.1. The lowest BCUT2D eigenvalue weighted by Gasteiger charge is -2.27. The van der Waals surface area contributed by atoms with Gasteiger partial charge in [-0.3, -0.25) is 0 Å². The lowest BCUT2D eigenvalue weighted by molar-refractivity contribution is 0.337. The molecule has 1 fully saturated rings. The van der Waals surface area contributed by atoms with Gasteiger partial charge >= 0.3 is 0 Å². The zero-order chi connectivity index (χ0) is 14.8. The van der Waals surface area contributed by atoms with E-state index < -0.39 is 0 Å². The van der Waals surface area contributed by atoms with Gasteiger partial charge in [0.25, 0.3) is 0 Å². The van der Waals surface area contributed by atoms with Crippen molar-refractivity contribution in [2.75, 3.05) is 31.6 Å². The smallest absolute Gasteiger partial charge is 0.185 e. The van der Waals surface area contributed by atoms with E-state index in [1.54, 1.807) is 11.3 Å². The van der Waals surface area contributed by atoms with Gasteiger partial charge in [-0.2, -0.15) is 0 Å². The van der Waals surface area contributed by atoms with Gasteiger partial charge in [0, 0.05) is 36.6 Å². The Kier molecular flexibility index (Phi) is 5.04. The largest absolute Gasteiger partial charge is 0.344 e. The van der Waals surface area contributed by atoms with Crippen molar-refractivity contribution in [3.05, 3.63) is 11.1 Å². The Morgan fingerprint density at radius 1 is 1.40 bits per heavy atom. The van der Waals surface area contributed by atoms with Crippen LogP contribution in [0.3, 0.4) is 0 Å². The Balaban J connectivity index is 2.00. The van der Waals surface area contributed by atoms with Crippen LogP contribution in [0.15, 0.2) is 5.38 Å². The first-order valence-electron chi connectivity index (χ1n) is 7.50. The summed E-state index contributed by atoms with van der Waals surface area (Å²) in [4.78, 5) is 9.70. The molecule has 2 heterocycles. The van der Waals surface area contributed by atoms with E-state index in [0.29, 0.717) is 6.04 Å². The highest BCUT2D eigenvalue weighted by atomic mass is 32.1. The zero-order valence-electron chi connectivity index (χ0n) is 13.4. The van der Waals surface area contributed by atoms with Crippen LogP contribution in [-0.4, -0.2) is 48.1 Å². The van der Waals surface area contributed by atoms with Crippen molar-refractivity contribution in [1.29, 1.82) is 0 Å². The van der Waals surface area contributed by atoms with Gasteiger partial charge in [0.05, 0.1) is 5.69 Å². The molecule has 0 spiro atoms. The second kappa shape index (κ2) is 6.41. The summed E-state index contributed by atoms with van der Waals surface area (Å²) >= 11 is 1.78. The van der Waals surface area contributed by atoms with Crippen LogP contribution >= 0.6 is 11.3 Å². The first kappa shape index (κ1) is 15.7. The Labute approximate surface area is 127 Å². The molecule has 0 amide bonds. The molecular weight excluding hydrogens is 268 g/mol. The molecule has 114 valence electrons. The average molecular weight is 296 g/mol. The summed E-state index contributed by atoms with van der Waals surface area (Å²) in [5.74, 6) is 0. The first-order chi connectivity index (χ1) is 9.35. The third-order valence-electron chi connectivity index (χ3n) is 3.63. The summed E-state index contributed by atoms with van der Waals surface area (Å²) in [6, 6.07) is 0.539. The molecule has 2 rings (SSSR count). The summed E-state index contributed by atoms with van der Waals surface area (Å²) in [6.45, 7) is 13.1. The molecule has 1 aliphatic rings. The van der Waals surface area contributed by atoms with Crippen LogP contribution in [0.2, 0.25) is 0 Å². The maximum Gasteiger partial charge on any atom is 0.185 e. The normalized spacial score (nSPS) is 22.1. The number of nitrogens with zero attached hydrogens (tertiary/aromatic N) is 3. The van der Waals surface area contributed by atoms with E-state index >= 15 is 0 Å². The summed E-state index contributed by atoms with van der Waals surface area (Å²) in [6.07, 6.45) is 1.22. The van der Waals surface area contributed by atoms with Gasteiger partial charge in [0.1, 0.15) is 0 Å². The molecule has 1 aromatic heterocycles. The van der Waals surface area contributed by atoms with Gasteiger partial charge < -0.3 is 15.1 Å². The molecular formula is C15H28N4S. The Bertz CT molecular complexity index is 424. The quantitative estimate of drug-likeness (QED) is 0.929. The van der Waals surface area contributed by atoms with E-state index in [2.05, 4.69) is 55.2 Å². The molecule has 1 N–H and O–H groups in total. The lowest BCUT2D eigenvalue weighted by Crippen LogP contribution is -2.38. The topological polar surface area (TPSA) is 31.4 Å². The summed E-state index contributed by atoms with van der Waals surface area (Å²) in [7, 11) is 2.21. The molecule has 1 atom stereocenters. The number of hydrogen-bond donors (Lipinski definition) is 1. The van der Waals surface area contributed by atoms with Crippen LogP contribution in [-0.2, 0) is 6.54 Å². The molecule has 1 unspecified atom stereocenters. The van der Waals surface area contributed by atoms with Crippen LogP contribution in [0.25, 0.3) is 0 Å². The van der Waals surface area contributed by atoms with E-state index in [0.717, 1.165) is 25.3 Å². The fourth-order valence-corrected chi connectivity index (χ4v) is 3.48. The van der Waals surface area contributed by atoms with Crippen LogP contribution in [0.5, 0.6) is 0 Å². The van der Waals surface area contributed by atoms with Crippen molar-refractivity contribution in [2.45, 2.75) is 52.2 Å². The molecule has 0 radical (unpaired) electrons. The fraction of sp³-hybridized carbons (Fsp3) is 0.800. The highest BCUT2D eigenvalue weighted by molar-refractivity contribution is 7.13. The number of rotatable bonds is 3. The standard InChI is InChI=1S/C15H28N4S/c1-12-10-18(5)7-6-8-19(12)14-17-13(11-20-14)9-16-15(2,3)4/h11-12,16H,6-10H2,1-5H3. The van der Waals surface area contributed by atoms with E-state index in [-0.39, 0.29) is 5.54 Å². The first-order valence-corrected chi connectivity index (χ1v) is 8.38. The van der Waals surface area contributed by atoms with Gasteiger partial charge in [-0.25, -0.2) is 4.98 Å². The molecule has 20 heavy (non-hydrogen) atoms. The van der Waals surface area contributed by atoms with Crippen molar-refractivity contribution in [1.82, 2.24) is 15.2 Å². The van der Waals surface area contributed by atoms with E-state index in [4.69, 9.17) is 4.98 Å². The highest BCUT2D eigenvalue weighted by Crippen LogP contribution is 2.24. The van der Waals surface area contributed by atoms with Gasteiger partial charge in [0.15, 0.2) is 5.13 Å². The number of nitrogens with one attached hydrogen (secondary N) is 1. The Morgan fingerprint density at radius 3 is 2.85 bits per heavy atom. The van der Waals surface area contributed by atoms with Crippen LogP contribution in [0, 0.1) is 0 Å². The van der Waals surface area contributed by atoms with Crippen molar-refractivity contribution < 1.29 is 0 Å². The zero-order valence-corrected chi connectivity index (χ0v) is 14.3. The van der Waals surface area contributed by atoms with Gasteiger partial charge in [-0.15, -0.1) is 11.3 Å². The second-order valence-electron chi connectivity index (χ2n) is 6.88. The number of likely N-dealkylation sites (N-methyl/N-ethyl adjacent to an activating group) is 1. The van der Waals surface area contributed by atoms with Crippen molar-refractivity contribution in [3.63, 3.8) is 0 Å². The fourth-order valence-electron chi connectivity index (χ4n) is 2.52. The van der Waals surface area contributed by atoms with E-state index in [1.165, 1.54) is 18.1 Å². The third kappa shape index (κ3) is 4.43. The minimum atomic E-state index is 0.141. The van der Waals surface area contributed by atoms with E-state index in [9.17, 15) is 0 Å². The SMILES string of the molecule is CC1CN(C)CCCN1c1nc(CNC(C)(C)C)cs1. The predicted octanol–water partition coefficient (Wildman–Crippen LogP) is 2.56. The predicted molar refractivity (Wildman–Crippen MR) is 87.6 cm³/mol. The van der Waals surface area contributed by atoms with Crippen LogP contribution < -0.4 is 10.2 Å². The van der Waals surface area contributed by atoms with Crippen molar-refractivity contribution in [2.24, 2.45) is 0 Å². The summed E-state index contributed by atoms with van der Waals surface area (Å²) in [5, 5.41) is 6.87. The van der Waals surface area contributed by atoms with Crippen LogP contribution in [0.4, 0.5) is 5.13 Å². The Hall–Kier alpha value is -0.650. The molecule has 5 heteroatoms. The molecule has 1 saturated heterocycles. The summed E-state index contributed by atoms with van der Waals surface area (Å²) < 4.78 is 0. The number of thiazole rings is 1. The number of anilines is 1. The average Bonchev–Trinajstić information content (AvgIpc) is 2.72. The minimum absolute atomic E-state index is 0.141. The highest BCUT2D eigenvalue weighted by Gasteiger charge is 2.22. The molecule has 0 aliphatic carbocycles. The maximum atomic E-state index is 4.82. The molecule has 4 nitrogen and oxygen atoms in total. The molecule has 0 saturated carbocycles. The number of aromatic nitrogens is 1. The monoisotopic (exact) mass is 296 g/mol.